The number of benzene rings is 2. The molecule has 3 aromatic rings. The van der Waals surface area contributed by atoms with E-state index in [1.54, 1.807) is 25.4 Å². The van der Waals surface area contributed by atoms with Gasteiger partial charge in [0.1, 0.15) is 16.9 Å². The largest absolute Gasteiger partial charge is 0.496 e. The summed E-state index contributed by atoms with van der Waals surface area (Å²) in [6.07, 6.45) is 3.31. The van der Waals surface area contributed by atoms with Crippen molar-refractivity contribution < 1.29 is 23.8 Å². The smallest absolute Gasteiger partial charge is 0.339 e. The lowest BCUT2D eigenvalue weighted by atomic mass is 9.95. The fourth-order valence-electron chi connectivity index (χ4n) is 4.40. The molecule has 1 saturated carbocycles. The number of aromatic nitrogens is 2. The summed E-state index contributed by atoms with van der Waals surface area (Å²) in [6, 6.07) is 9.17. The minimum Gasteiger partial charge on any atom is -0.496 e. The summed E-state index contributed by atoms with van der Waals surface area (Å²) in [7, 11) is 1.60. The van der Waals surface area contributed by atoms with E-state index in [-0.39, 0.29) is 11.9 Å². The molecule has 1 aromatic heterocycles. The third-order valence-electron chi connectivity index (χ3n) is 6.60. The molecule has 1 fully saturated rings. The van der Waals surface area contributed by atoms with Gasteiger partial charge in [-0.3, -0.25) is 4.79 Å². The number of nitrogens with zero attached hydrogens (tertiary/aromatic N) is 2. The van der Waals surface area contributed by atoms with E-state index in [1.165, 1.54) is 0 Å². The molecule has 9 nitrogen and oxygen atoms in total. The number of carbonyl (C=O) groups excluding carboxylic acids is 2. The van der Waals surface area contributed by atoms with Crippen LogP contribution >= 0.6 is 0 Å². The standard InChI is InChI=1S/C26H28N4O5/c1-5-34-23(32)26(10-11-26)14-28-19-8-9-20(33-4)17-13-27-24(30-21(17)19)29-15-6-7-16-18(12-15)25(2,3)35-22(16)31/h6-9,12-13,28H,5,10-11,14H2,1-4H3,(H,27,29,30). The quantitative estimate of drug-likeness (QED) is 0.452. The van der Waals surface area contributed by atoms with E-state index in [4.69, 9.17) is 19.2 Å². The number of rotatable bonds is 8. The van der Waals surface area contributed by atoms with Crippen LogP contribution in [0.15, 0.2) is 36.5 Å². The molecular weight excluding hydrogens is 448 g/mol. The Hall–Kier alpha value is -3.88. The van der Waals surface area contributed by atoms with Crippen LogP contribution in [-0.2, 0) is 19.9 Å². The lowest BCUT2D eigenvalue weighted by Crippen LogP contribution is -2.27. The van der Waals surface area contributed by atoms with Gasteiger partial charge in [0.05, 0.1) is 35.8 Å². The topological polar surface area (TPSA) is 112 Å². The van der Waals surface area contributed by atoms with E-state index in [9.17, 15) is 9.59 Å². The maximum atomic E-state index is 12.4. The molecule has 2 N–H and O–H groups in total. The molecule has 2 heterocycles. The molecule has 182 valence electrons. The molecule has 2 aromatic carbocycles. The highest BCUT2D eigenvalue weighted by Crippen LogP contribution is 2.47. The summed E-state index contributed by atoms with van der Waals surface area (Å²) in [4.78, 5) is 33.7. The molecule has 0 bridgehead atoms. The molecule has 2 aliphatic rings. The number of fused-ring (bicyclic) bond motifs is 2. The highest BCUT2D eigenvalue weighted by atomic mass is 16.6. The minimum absolute atomic E-state index is 0.163. The van der Waals surface area contributed by atoms with Crippen LogP contribution in [0.1, 0.15) is 49.5 Å². The monoisotopic (exact) mass is 476 g/mol. The highest BCUT2D eigenvalue weighted by molar-refractivity contribution is 5.96. The molecule has 35 heavy (non-hydrogen) atoms. The van der Waals surface area contributed by atoms with E-state index in [0.717, 1.165) is 35.2 Å². The van der Waals surface area contributed by atoms with E-state index < -0.39 is 11.0 Å². The van der Waals surface area contributed by atoms with Gasteiger partial charge in [0.15, 0.2) is 0 Å². The first kappa shape index (κ1) is 22.9. The van der Waals surface area contributed by atoms with Crippen molar-refractivity contribution in [2.24, 2.45) is 5.41 Å². The van der Waals surface area contributed by atoms with Crippen molar-refractivity contribution in [3.63, 3.8) is 0 Å². The van der Waals surface area contributed by atoms with Crippen molar-refractivity contribution in [3.05, 3.63) is 47.7 Å². The third kappa shape index (κ3) is 4.11. The molecular formula is C26H28N4O5. The third-order valence-corrected chi connectivity index (χ3v) is 6.60. The first-order chi connectivity index (χ1) is 16.8. The summed E-state index contributed by atoms with van der Waals surface area (Å²) in [5, 5.41) is 7.37. The molecule has 0 saturated heterocycles. The van der Waals surface area contributed by atoms with Crippen molar-refractivity contribution in [2.75, 3.05) is 30.9 Å². The van der Waals surface area contributed by atoms with Crippen molar-refractivity contribution in [1.29, 1.82) is 0 Å². The Balaban J connectivity index is 1.44. The van der Waals surface area contributed by atoms with Gasteiger partial charge in [-0.1, -0.05) is 0 Å². The number of nitrogens with one attached hydrogen (secondary N) is 2. The number of methoxy groups -OCH3 is 1. The summed E-state index contributed by atoms with van der Waals surface area (Å²) < 4.78 is 16.2. The zero-order valence-electron chi connectivity index (χ0n) is 20.2. The van der Waals surface area contributed by atoms with E-state index in [2.05, 4.69) is 15.6 Å². The average Bonchev–Trinajstić information content (AvgIpc) is 3.59. The number of ether oxygens (including phenoxy) is 3. The maximum Gasteiger partial charge on any atom is 0.339 e. The number of carbonyl (C=O) groups is 2. The highest BCUT2D eigenvalue weighted by Gasteiger charge is 2.51. The van der Waals surface area contributed by atoms with Gasteiger partial charge in [0, 0.05) is 24.0 Å². The Morgan fingerprint density at radius 2 is 2.00 bits per heavy atom. The molecule has 0 radical (unpaired) electrons. The van der Waals surface area contributed by atoms with E-state index in [1.807, 2.05) is 39.0 Å². The van der Waals surface area contributed by atoms with Gasteiger partial charge >= 0.3 is 11.9 Å². The maximum absolute atomic E-state index is 12.4. The minimum atomic E-state index is -0.698. The first-order valence-electron chi connectivity index (χ1n) is 11.7. The summed E-state index contributed by atoms with van der Waals surface area (Å²) >= 11 is 0. The Labute approximate surface area is 203 Å². The predicted octanol–water partition coefficient (Wildman–Crippen LogP) is 4.54. The molecule has 1 aliphatic carbocycles. The summed E-state index contributed by atoms with van der Waals surface area (Å²) in [5.41, 5.74) is 2.38. The zero-order valence-corrected chi connectivity index (χ0v) is 20.2. The number of anilines is 3. The zero-order chi connectivity index (χ0) is 24.8. The van der Waals surface area contributed by atoms with Crippen molar-refractivity contribution in [3.8, 4) is 5.75 Å². The SMILES string of the molecule is CCOC(=O)C1(CNc2ccc(OC)c3cnc(Nc4ccc5c(c4)C(C)(C)OC5=O)nc23)CC1. The first-order valence-corrected chi connectivity index (χ1v) is 11.7. The molecule has 9 heteroatoms. The molecule has 0 amide bonds. The predicted molar refractivity (Wildman–Crippen MR) is 131 cm³/mol. The van der Waals surface area contributed by atoms with Crippen molar-refractivity contribution in [1.82, 2.24) is 9.97 Å². The normalized spacial score (nSPS) is 16.9. The van der Waals surface area contributed by atoms with Gasteiger partial charge in [-0.15, -0.1) is 0 Å². The van der Waals surface area contributed by atoms with E-state index >= 15 is 0 Å². The van der Waals surface area contributed by atoms with Crippen LogP contribution in [0.25, 0.3) is 10.9 Å². The van der Waals surface area contributed by atoms with Crippen LogP contribution in [0.2, 0.25) is 0 Å². The second-order valence-electron chi connectivity index (χ2n) is 9.41. The lowest BCUT2D eigenvalue weighted by Gasteiger charge is -2.18. The van der Waals surface area contributed by atoms with Gasteiger partial charge in [-0.25, -0.2) is 14.8 Å². The van der Waals surface area contributed by atoms with Crippen LogP contribution in [-0.4, -0.2) is 42.2 Å². The van der Waals surface area contributed by atoms with E-state index in [0.29, 0.717) is 35.9 Å². The van der Waals surface area contributed by atoms with Gasteiger partial charge in [0.25, 0.3) is 0 Å². The molecule has 0 atom stereocenters. The Bertz CT molecular complexity index is 1330. The molecule has 0 unspecified atom stereocenters. The number of cyclic esters (lactones) is 1. The number of hydrogen-bond acceptors (Lipinski definition) is 9. The number of hydrogen-bond donors (Lipinski definition) is 2. The van der Waals surface area contributed by atoms with Gasteiger partial charge in [0.2, 0.25) is 5.95 Å². The van der Waals surface area contributed by atoms with Crippen LogP contribution in [0.3, 0.4) is 0 Å². The van der Waals surface area contributed by atoms with Crippen LogP contribution < -0.4 is 15.4 Å². The molecule has 0 spiro atoms. The fraction of sp³-hybridized carbons (Fsp3) is 0.385. The van der Waals surface area contributed by atoms with Gasteiger partial charge < -0.3 is 24.8 Å². The second-order valence-corrected chi connectivity index (χ2v) is 9.41. The Morgan fingerprint density at radius 3 is 2.71 bits per heavy atom. The molecule has 5 rings (SSSR count). The second kappa shape index (κ2) is 8.41. The summed E-state index contributed by atoms with van der Waals surface area (Å²) in [6.45, 7) is 6.37. The Kier molecular flexibility index (Phi) is 5.50. The average molecular weight is 477 g/mol. The van der Waals surface area contributed by atoms with Crippen LogP contribution in [0, 0.1) is 5.41 Å². The van der Waals surface area contributed by atoms with Crippen molar-refractivity contribution >= 4 is 40.2 Å². The van der Waals surface area contributed by atoms with Gasteiger partial charge in [-0.05, 0) is 63.9 Å². The fourth-order valence-corrected chi connectivity index (χ4v) is 4.40. The van der Waals surface area contributed by atoms with Crippen molar-refractivity contribution in [2.45, 2.75) is 39.2 Å². The lowest BCUT2D eigenvalue weighted by molar-refractivity contribution is -0.149. The molecule has 1 aliphatic heterocycles. The summed E-state index contributed by atoms with van der Waals surface area (Å²) in [5.74, 6) is 0.559. The van der Waals surface area contributed by atoms with Crippen LogP contribution in [0.5, 0.6) is 5.75 Å². The van der Waals surface area contributed by atoms with Gasteiger partial charge in [-0.2, -0.15) is 0 Å². The number of esters is 2. The van der Waals surface area contributed by atoms with Crippen LogP contribution in [0.4, 0.5) is 17.3 Å². The Morgan fingerprint density at radius 1 is 1.20 bits per heavy atom.